The van der Waals surface area contributed by atoms with Gasteiger partial charge in [-0.2, -0.15) is 5.26 Å². The summed E-state index contributed by atoms with van der Waals surface area (Å²) in [5, 5.41) is 8.89. The van der Waals surface area contributed by atoms with E-state index in [0.29, 0.717) is 12.5 Å². The van der Waals surface area contributed by atoms with E-state index in [1.807, 2.05) is 0 Å². The summed E-state index contributed by atoms with van der Waals surface area (Å²) in [5.74, 6) is 0.141. The van der Waals surface area contributed by atoms with Gasteiger partial charge in [-0.05, 0) is 38.5 Å². The van der Waals surface area contributed by atoms with Crippen molar-refractivity contribution in [2.75, 3.05) is 13.2 Å². The van der Waals surface area contributed by atoms with Gasteiger partial charge in [0.2, 0.25) is 5.91 Å². The Morgan fingerprint density at radius 2 is 1.95 bits per heavy atom. The zero-order chi connectivity index (χ0) is 13.5. The van der Waals surface area contributed by atoms with Gasteiger partial charge < -0.3 is 9.64 Å². The van der Waals surface area contributed by atoms with Crippen molar-refractivity contribution in [3.63, 3.8) is 0 Å². The average molecular weight is 264 g/mol. The predicted molar refractivity (Wildman–Crippen MR) is 72.4 cm³/mol. The fourth-order valence-corrected chi connectivity index (χ4v) is 3.18. The highest BCUT2D eigenvalue weighted by Crippen LogP contribution is 2.25. The van der Waals surface area contributed by atoms with Crippen molar-refractivity contribution in [1.29, 1.82) is 5.26 Å². The van der Waals surface area contributed by atoms with Crippen LogP contribution in [0.2, 0.25) is 0 Å². The topological polar surface area (TPSA) is 53.3 Å². The molecule has 0 N–H and O–H groups in total. The summed E-state index contributed by atoms with van der Waals surface area (Å²) in [4.78, 5) is 14.1. The van der Waals surface area contributed by atoms with Crippen molar-refractivity contribution in [2.45, 2.75) is 69.9 Å². The Hall–Kier alpha value is -1.08. The monoisotopic (exact) mass is 264 g/mol. The maximum absolute atomic E-state index is 12.3. The van der Waals surface area contributed by atoms with E-state index in [1.165, 1.54) is 19.3 Å². The first-order valence-electron chi connectivity index (χ1n) is 7.59. The van der Waals surface area contributed by atoms with Gasteiger partial charge in [-0.25, -0.2) is 0 Å². The van der Waals surface area contributed by atoms with Crippen LogP contribution in [0.15, 0.2) is 0 Å². The molecule has 0 spiro atoms. The summed E-state index contributed by atoms with van der Waals surface area (Å²) in [5.41, 5.74) is 0. The second-order valence-corrected chi connectivity index (χ2v) is 5.65. The minimum atomic E-state index is 0.141. The molecular formula is C15H24N2O2. The molecule has 4 nitrogen and oxygen atoms in total. The van der Waals surface area contributed by atoms with Crippen LogP contribution in [0.3, 0.4) is 0 Å². The second-order valence-electron chi connectivity index (χ2n) is 5.65. The van der Waals surface area contributed by atoms with Crippen LogP contribution >= 0.6 is 0 Å². The van der Waals surface area contributed by atoms with Crippen molar-refractivity contribution in [2.24, 2.45) is 0 Å². The summed E-state index contributed by atoms with van der Waals surface area (Å²) in [6, 6.07) is 2.44. The maximum atomic E-state index is 12.3. The van der Waals surface area contributed by atoms with E-state index in [-0.39, 0.29) is 18.6 Å². The standard InChI is InChI=1S/C15H24N2O2/c16-10-11-17(13-5-1-2-6-13)15(18)9-8-14-7-3-4-12-19-14/h13-14H,1-9,11-12H2. The van der Waals surface area contributed by atoms with Gasteiger partial charge in [0.25, 0.3) is 0 Å². The number of rotatable bonds is 5. The van der Waals surface area contributed by atoms with E-state index in [2.05, 4.69) is 6.07 Å². The first kappa shape index (κ1) is 14.3. The number of hydrogen-bond donors (Lipinski definition) is 0. The van der Waals surface area contributed by atoms with Gasteiger partial charge >= 0.3 is 0 Å². The fourth-order valence-electron chi connectivity index (χ4n) is 3.18. The third kappa shape index (κ3) is 4.21. The van der Waals surface area contributed by atoms with Crippen LogP contribution in [0.25, 0.3) is 0 Å². The highest BCUT2D eigenvalue weighted by molar-refractivity contribution is 5.76. The van der Waals surface area contributed by atoms with Crippen LogP contribution < -0.4 is 0 Å². The SMILES string of the molecule is N#CCN(C(=O)CCC1CCCCO1)C1CCCC1. The van der Waals surface area contributed by atoms with Crippen molar-refractivity contribution >= 4 is 5.91 Å². The lowest BCUT2D eigenvalue weighted by Gasteiger charge is -2.28. The minimum absolute atomic E-state index is 0.141. The van der Waals surface area contributed by atoms with Crippen LogP contribution in [-0.4, -0.2) is 36.1 Å². The highest BCUT2D eigenvalue weighted by atomic mass is 16.5. The van der Waals surface area contributed by atoms with Crippen LogP contribution in [0.5, 0.6) is 0 Å². The van der Waals surface area contributed by atoms with Gasteiger partial charge in [-0.1, -0.05) is 12.8 Å². The molecule has 0 aromatic carbocycles. The Balaban J connectivity index is 1.79. The zero-order valence-electron chi connectivity index (χ0n) is 11.6. The third-order valence-electron chi connectivity index (χ3n) is 4.28. The molecule has 1 heterocycles. The Kier molecular flexibility index (Phi) is 5.65. The quantitative estimate of drug-likeness (QED) is 0.717. The minimum Gasteiger partial charge on any atom is -0.378 e. The number of nitriles is 1. The van der Waals surface area contributed by atoms with Crippen molar-refractivity contribution in [3.8, 4) is 6.07 Å². The van der Waals surface area contributed by atoms with E-state index in [9.17, 15) is 4.79 Å². The molecule has 1 saturated carbocycles. The highest BCUT2D eigenvalue weighted by Gasteiger charge is 2.26. The van der Waals surface area contributed by atoms with E-state index < -0.39 is 0 Å². The second kappa shape index (κ2) is 7.49. The fraction of sp³-hybridized carbons (Fsp3) is 0.867. The molecule has 1 aliphatic heterocycles. The van der Waals surface area contributed by atoms with Gasteiger partial charge in [0.15, 0.2) is 0 Å². The molecule has 0 radical (unpaired) electrons. The third-order valence-corrected chi connectivity index (χ3v) is 4.28. The molecule has 4 heteroatoms. The molecule has 2 rings (SSSR count). The number of nitrogens with zero attached hydrogens (tertiary/aromatic N) is 2. The molecular weight excluding hydrogens is 240 g/mol. The molecule has 2 fully saturated rings. The lowest BCUT2D eigenvalue weighted by Crippen LogP contribution is -2.39. The van der Waals surface area contributed by atoms with Gasteiger partial charge in [-0.15, -0.1) is 0 Å². The van der Waals surface area contributed by atoms with Crippen LogP contribution in [0, 0.1) is 11.3 Å². The Morgan fingerprint density at radius 3 is 2.58 bits per heavy atom. The van der Waals surface area contributed by atoms with Crippen LogP contribution in [-0.2, 0) is 9.53 Å². The largest absolute Gasteiger partial charge is 0.378 e. The molecule has 1 saturated heterocycles. The van der Waals surface area contributed by atoms with Gasteiger partial charge in [-0.3, -0.25) is 4.79 Å². The summed E-state index contributed by atoms with van der Waals surface area (Å²) < 4.78 is 5.66. The Labute approximate surface area is 115 Å². The summed E-state index contributed by atoms with van der Waals surface area (Å²) in [7, 11) is 0. The number of carbonyl (C=O) groups is 1. The Bertz CT molecular complexity index is 326. The normalized spacial score (nSPS) is 24.1. The number of amides is 1. The molecule has 0 bridgehead atoms. The number of ether oxygens (including phenoxy) is 1. The summed E-state index contributed by atoms with van der Waals surface area (Å²) >= 11 is 0. The van der Waals surface area contributed by atoms with E-state index in [4.69, 9.17) is 10.00 Å². The van der Waals surface area contributed by atoms with E-state index in [0.717, 1.165) is 38.7 Å². The molecule has 0 aromatic heterocycles. The molecule has 1 atom stereocenters. The van der Waals surface area contributed by atoms with Crippen LogP contribution in [0.4, 0.5) is 0 Å². The van der Waals surface area contributed by atoms with Gasteiger partial charge in [0.05, 0.1) is 12.2 Å². The van der Waals surface area contributed by atoms with Crippen molar-refractivity contribution in [1.82, 2.24) is 4.90 Å². The van der Waals surface area contributed by atoms with Crippen molar-refractivity contribution in [3.05, 3.63) is 0 Å². The average Bonchev–Trinajstić information content (AvgIpc) is 2.97. The van der Waals surface area contributed by atoms with Gasteiger partial charge in [0.1, 0.15) is 6.54 Å². The first-order valence-corrected chi connectivity index (χ1v) is 7.59. The van der Waals surface area contributed by atoms with Crippen LogP contribution in [0.1, 0.15) is 57.8 Å². The lowest BCUT2D eigenvalue weighted by atomic mass is 10.0. The van der Waals surface area contributed by atoms with E-state index >= 15 is 0 Å². The lowest BCUT2D eigenvalue weighted by molar-refractivity contribution is -0.133. The molecule has 19 heavy (non-hydrogen) atoms. The van der Waals surface area contributed by atoms with Crippen molar-refractivity contribution < 1.29 is 9.53 Å². The molecule has 0 aromatic rings. The molecule has 1 aliphatic carbocycles. The first-order chi connectivity index (χ1) is 9.31. The molecule has 106 valence electrons. The molecule has 1 unspecified atom stereocenters. The molecule has 1 amide bonds. The summed E-state index contributed by atoms with van der Waals surface area (Å²) in [6.45, 7) is 1.08. The molecule has 2 aliphatic rings. The van der Waals surface area contributed by atoms with E-state index in [1.54, 1.807) is 4.90 Å². The number of hydrogen-bond acceptors (Lipinski definition) is 3. The summed E-state index contributed by atoms with van der Waals surface area (Å²) in [6.07, 6.45) is 9.53. The maximum Gasteiger partial charge on any atom is 0.223 e. The number of carbonyl (C=O) groups excluding carboxylic acids is 1. The predicted octanol–water partition coefficient (Wildman–Crippen LogP) is 2.63. The Morgan fingerprint density at radius 1 is 1.21 bits per heavy atom. The van der Waals surface area contributed by atoms with Gasteiger partial charge in [0, 0.05) is 19.1 Å². The zero-order valence-corrected chi connectivity index (χ0v) is 11.6. The smallest absolute Gasteiger partial charge is 0.223 e.